The molecule has 1 aromatic heterocycles. The summed E-state index contributed by atoms with van der Waals surface area (Å²) in [4.78, 5) is 61.8. The van der Waals surface area contributed by atoms with E-state index in [9.17, 15) is 24.7 Å². The highest BCUT2D eigenvalue weighted by molar-refractivity contribution is 5.90. The van der Waals surface area contributed by atoms with Gasteiger partial charge in [-0.3, -0.25) is 19.2 Å². The van der Waals surface area contributed by atoms with Gasteiger partial charge in [0, 0.05) is 39.1 Å². The van der Waals surface area contributed by atoms with Crippen LogP contribution in [-0.4, -0.2) is 131 Å². The third-order valence-corrected chi connectivity index (χ3v) is 11.1. The number of nitrogens with one attached hydrogen (secondary N) is 4. The molecule has 0 aliphatic carbocycles. The topological polar surface area (TPSA) is 233 Å². The number of ether oxygens (including phenoxy) is 2. The van der Waals surface area contributed by atoms with Crippen LogP contribution in [0.5, 0.6) is 0 Å². The number of aromatic nitrogens is 4. The third kappa shape index (κ3) is 11.7. The summed E-state index contributed by atoms with van der Waals surface area (Å²) in [6.07, 6.45) is 1.06. The number of azide groups is 1. The minimum absolute atomic E-state index is 0.0499. The van der Waals surface area contributed by atoms with Crippen LogP contribution in [0.15, 0.2) is 35.4 Å². The molecule has 56 heavy (non-hydrogen) atoms. The van der Waals surface area contributed by atoms with E-state index in [1.165, 1.54) is 12.0 Å². The highest BCUT2D eigenvalue weighted by Crippen LogP contribution is 2.30. The lowest BCUT2D eigenvalue weighted by Crippen LogP contribution is -2.60. The Morgan fingerprint density at radius 1 is 1.05 bits per heavy atom. The molecule has 0 radical (unpaired) electrons. The van der Waals surface area contributed by atoms with Crippen LogP contribution in [0.2, 0.25) is 0 Å². The maximum Gasteiger partial charge on any atom is 0.245 e. The molecule has 1 aliphatic heterocycles. The smallest absolute Gasteiger partial charge is 0.245 e. The number of H-pyrrole nitrogens is 1. The fraction of sp³-hybridized carbons (Fsp3) is 0.711. The van der Waals surface area contributed by atoms with Gasteiger partial charge >= 0.3 is 0 Å². The van der Waals surface area contributed by atoms with Crippen molar-refractivity contribution in [2.45, 2.75) is 122 Å². The van der Waals surface area contributed by atoms with Crippen LogP contribution in [0.4, 0.5) is 0 Å². The number of carbonyl (C=O) groups is 4. The Bertz CT molecular complexity index is 1590. The van der Waals surface area contributed by atoms with Gasteiger partial charge in [0.25, 0.3) is 0 Å². The summed E-state index contributed by atoms with van der Waals surface area (Å²) in [6, 6.07) is 5.51. The summed E-state index contributed by atoms with van der Waals surface area (Å²) in [5.41, 5.74) is 10.2. The number of hydrogen-bond acceptors (Lipinski definition) is 11. The number of rotatable bonds is 22. The number of carbonyl (C=O) groups excluding carboxylic acids is 4. The van der Waals surface area contributed by atoms with Gasteiger partial charge in [0.05, 0.1) is 54.8 Å². The molecular weight excluding hydrogens is 720 g/mol. The summed E-state index contributed by atoms with van der Waals surface area (Å²) in [6.45, 7) is 11.6. The van der Waals surface area contributed by atoms with Crippen LogP contribution in [-0.2, 0) is 35.1 Å². The minimum Gasteiger partial charge on any atom is -0.379 e. The van der Waals surface area contributed by atoms with E-state index in [-0.39, 0.29) is 30.1 Å². The first-order valence-electron chi connectivity index (χ1n) is 19.4. The first kappa shape index (κ1) is 45.7. The van der Waals surface area contributed by atoms with Crippen molar-refractivity contribution < 1.29 is 28.7 Å². The predicted octanol–water partition coefficient (Wildman–Crippen LogP) is 2.95. The van der Waals surface area contributed by atoms with Crippen molar-refractivity contribution in [3.8, 4) is 0 Å². The molecule has 9 unspecified atom stereocenters. The van der Waals surface area contributed by atoms with E-state index < -0.39 is 66.2 Å². The summed E-state index contributed by atoms with van der Waals surface area (Å²) < 4.78 is 12.0. The first-order chi connectivity index (χ1) is 26.7. The Balaban J connectivity index is 1.82. The van der Waals surface area contributed by atoms with E-state index in [0.717, 1.165) is 12.0 Å². The van der Waals surface area contributed by atoms with Gasteiger partial charge in [0.1, 0.15) is 6.04 Å². The molecule has 0 spiro atoms. The lowest BCUT2D eigenvalue weighted by Gasteiger charge is -2.41. The van der Waals surface area contributed by atoms with Crippen molar-refractivity contribution >= 4 is 23.6 Å². The molecular formula is C38H62N12O6. The summed E-state index contributed by atoms with van der Waals surface area (Å²) >= 11 is 0. The minimum atomic E-state index is -1.16. The highest BCUT2D eigenvalue weighted by Gasteiger charge is 2.43. The second-order valence-electron chi connectivity index (χ2n) is 15.1. The van der Waals surface area contributed by atoms with Gasteiger partial charge in [-0.25, -0.2) is 0 Å². The monoisotopic (exact) mass is 782 g/mol. The Morgan fingerprint density at radius 2 is 1.75 bits per heavy atom. The van der Waals surface area contributed by atoms with Crippen LogP contribution < -0.4 is 16.0 Å². The number of aromatic amines is 1. The fourth-order valence-electron chi connectivity index (χ4n) is 7.75. The van der Waals surface area contributed by atoms with Crippen LogP contribution >= 0.6 is 0 Å². The van der Waals surface area contributed by atoms with Crippen molar-refractivity contribution in [3.63, 3.8) is 0 Å². The van der Waals surface area contributed by atoms with E-state index >= 15 is 0 Å². The normalized spacial score (nSPS) is 19.1. The van der Waals surface area contributed by atoms with Crippen LogP contribution in [0.25, 0.3) is 10.4 Å². The molecule has 1 fully saturated rings. The quantitative estimate of drug-likeness (QED) is 0.0775. The SMILES string of the molecule is CCC(C)C(C(CC(=O)N1CCC[C@H]1C(OC)C(C)C(=O)NC(Cc1ccccc1)c1nn[nH]n1)OC)N(C)C(=O)C(NC(=O)C(NC)C(C)C)C(C)N=[N+]=[N-]. The maximum atomic E-state index is 14.3. The second-order valence-corrected chi connectivity index (χ2v) is 15.1. The molecule has 1 aliphatic rings. The molecule has 18 nitrogen and oxygen atoms in total. The average Bonchev–Trinajstić information content (AvgIpc) is 3.90. The number of nitrogens with zero attached hydrogens (tertiary/aromatic N) is 8. The second kappa shape index (κ2) is 22.2. The number of methoxy groups -OCH3 is 2. The van der Waals surface area contributed by atoms with Gasteiger partial charge in [-0.1, -0.05) is 88.6 Å². The lowest BCUT2D eigenvalue weighted by molar-refractivity contribution is -0.147. The molecule has 0 saturated carbocycles. The number of hydrogen-bond donors (Lipinski definition) is 4. The van der Waals surface area contributed by atoms with Crippen LogP contribution in [0.3, 0.4) is 0 Å². The van der Waals surface area contributed by atoms with Gasteiger partial charge < -0.3 is 35.2 Å². The molecule has 1 aromatic carbocycles. The Morgan fingerprint density at radius 3 is 2.30 bits per heavy atom. The number of likely N-dealkylation sites (tertiary alicyclic amines) is 1. The Labute approximate surface area is 330 Å². The van der Waals surface area contributed by atoms with Gasteiger partial charge in [-0.15, -0.1) is 10.2 Å². The largest absolute Gasteiger partial charge is 0.379 e. The Kier molecular flexibility index (Phi) is 18.1. The summed E-state index contributed by atoms with van der Waals surface area (Å²) in [5.74, 6) is -1.84. The lowest BCUT2D eigenvalue weighted by atomic mass is 9.89. The van der Waals surface area contributed by atoms with E-state index in [1.54, 1.807) is 40.0 Å². The fourth-order valence-corrected chi connectivity index (χ4v) is 7.75. The Hall–Kier alpha value is -4.64. The van der Waals surface area contributed by atoms with E-state index in [0.29, 0.717) is 31.6 Å². The highest BCUT2D eigenvalue weighted by atomic mass is 16.5. The number of likely N-dealkylation sites (N-methyl/N-ethyl adjacent to an activating group) is 2. The van der Waals surface area contributed by atoms with Crippen LogP contribution in [0, 0.1) is 17.8 Å². The third-order valence-electron chi connectivity index (χ3n) is 11.1. The molecule has 1 saturated heterocycles. The maximum absolute atomic E-state index is 14.3. The summed E-state index contributed by atoms with van der Waals surface area (Å²) in [5, 5.41) is 27.0. The zero-order valence-corrected chi connectivity index (χ0v) is 34.5. The average molecular weight is 783 g/mol. The van der Waals surface area contributed by atoms with Gasteiger partial charge in [0.2, 0.25) is 23.6 Å². The molecule has 18 heteroatoms. The standard InChI is InChI=1S/C38H62N12O6/c1-11-23(4)33(49(8)38(54)32(25(6)43-46-39)42-37(53)31(40-7)22(2)3)29(55-9)21-30(51)50-19-15-18-28(50)34(56-10)24(5)36(52)41-27(35-44-47-48-45-35)20-26-16-13-12-14-17-26/h12-14,16-17,22-25,27-29,31-34,40H,11,15,18-21H2,1-10H3,(H,41,52)(H,42,53)(H,44,45,47,48)/t23?,24?,25?,27?,28-,29?,31?,32?,33?,34?/m0/s1. The molecule has 2 aromatic rings. The zero-order chi connectivity index (χ0) is 41.5. The number of amides is 4. The number of tetrazole rings is 1. The van der Waals surface area contributed by atoms with E-state index in [2.05, 4.69) is 46.6 Å². The van der Waals surface area contributed by atoms with E-state index in [4.69, 9.17) is 9.47 Å². The molecule has 0 bridgehead atoms. The van der Waals surface area contributed by atoms with Gasteiger partial charge in [-0.2, -0.15) is 5.21 Å². The predicted molar refractivity (Wildman–Crippen MR) is 210 cm³/mol. The molecule has 10 atom stereocenters. The van der Waals surface area contributed by atoms with Crippen LogP contribution in [0.1, 0.15) is 84.7 Å². The number of benzene rings is 1. The van der Waals surface area contributed by atoms with Crippen molar-refractivity contribution in [3.05, 3.63) is 52.2 Å². The van der Waals surface area contributed by atoms with Crippen molar-refractivity contribution in [2.75, 3.05) is 34.9 Å². The molecule has 4 amide bonds. The molecule has 3 rings (SSSR count). The molecule has 2 heterocycles. The molecule has 4 N–H and O–H groups in total. The van der Waals surface area contributed by atoms with Gasteiger partial charge in [-0.05, 0) is 42.8 Å². The summed E-state index contributed by atoms with van der Waals surface area (Å²) in [7, 11) is 6.34. The van der Waals surface area contributed by atoms with Crippen molar-refractivity contribution in [2.24, 2.45) is 22.9 Å². The van der Waals surface area contributed by atoms with Crippen molar-refractivity contribution in [1.82, 2.24) is 46.4 Å². The van der Waals surface area contributed by atoms with Gasteiger partial charge in [0.15, 0.2) is 5.82 Å². The zero-order valence-electron chi connectivity index (χ0n) is 34.5. The first-order valence-corrected chi connectivity index (χ1v) is 19.4. The van der Waals surface area contributed by atoms with E-state index in [1.807, 2.05) is 58.0 Å². The molecule has 310 valence electrons. The van der Waals surface area contributed by atoms with Crippen molar-refractivity contribution in [1.29, 1.82) is 0 Å².